The van der Waals surface area contributed by atoms with Crippen LogP contribution in [-0.2, 0) is 19.7 Å². The predicted octanol–water partition coefficient (Wildman–Crippen LogP) is 2.75. The smallest absolute Gasteiger partial charge is 0.415 e. The molecule has 0 saturated carbocycles. The molecule has 4 aliphatic heterocycles. The van der Waals surface area contributed by atoms with Crippen LogP contribution in [0.25, 0.3) is 0 Å². The largest absolute Gasteiger partial charge is 0.418 e. The van der Waals surface area contributed by atoms with Crippen molar-refractivity contribution in [2.45, 2.75) is 24.9 Å². The van der Waals surface area contributed by atoms with Gasteiger partial charge in [-0.1, -0.05) is 29.3 Å². The Balaban J connectivity index is 1.32. The van der Waals surface area contributed by atoms with Gasteiger partial charge in [-0.2, -0.15) is 14.3 Å². The second kappa shape index (κ2) is 7.72. The van der Waals surface area contributed by atoms with Gasteiger partial charge < -0.3 is 4.74 Å². The molecule has 12 heteroatoms. The minimum atomic E-state index is -3.79. The lowest BCUT2D eigenvalue weighted by Crippen LogP contribution is -2.54. The summed E-state index contributed by atoms with van der Waals surface area (Å²) in [4.78, 5) is 19.4. The number of nitrogens with one attached hydrogen (secondary N) is 1. The predicted molar refractivity (Wildman–Crippen MR) is 113 cm³/mol. The Kier molecular flexibility index (Phi) is 5.14. The van der Waals surface area contributed by atoms with Crippen LogP contribution in [0, 0.1) is 0 Å². The Labute approximate surface area is 189 Å². The molecule has 9 nitrogen and oxygen atoms in total. The van der Waals surface area contributed by atoms with Gasteiger partial charge in [-0.3, -0.25) is 4.90 Å². The second-order valence-electron chi connectivity index (χ2n) is 7.43. The average molecular weight is 485 g/mol. The van der Waals surface area contributed by atoms with Crippen LogP contribution in [-0.4, -0.2) is 54.0 Å². The van der Waals surface area contributed by atoms with E-state index < -0.39 is 16.1 Å². The third kappa shape index (κ3) is 3.48. The zero-order valence-corrected chi connectivity index (χ0v) is 18.4. The fraction of sp³-hybridized carbons (Fsp3) is 0.316. The van der Waals surface area contributed by atoms with E-state index in [9.17, 15) is 13.2 Å². The number of rotatable bonds is 3. The first-order chi connectivity index (χ1) is 14.9. The highest BCUT2D eigenvalue weighted by Crippen LogP contribution is 2.36. The number of carbonyl (C=O) groups is 1. The van der Waals surface area contributed by atoms with Crippen LogP contribution in [0.4, 0.5) is 4.79 Å². The molecule has 1 aliphatic carbocycles. The van der Waals surface area contributed by atoms with Crippen molar-refractivity contribution in [1.29, 1.82) is 0 Å². The molecule has 5 rings (SSSR count). The number of hydroxylamine groups is 3. The lowest BCUT2D eigenvalue weighted by atomic mass is 9.96. The summed E-state index contributed by atoms with van der Waals surface area (Å²) < 4.78 is 33.2. The molecule has 1 fully saturated rings. The van der Waals surface area contributed by atoms with Crippen LogP contribution in [0.5, 0.6) is 0 Å². The number of piperidine rings is 1. The lowest BCUT2D eigenvalue weighted by Gasteiger charge is -2.43. The van der Waals surface area contributed by atoms with Gasteiger partial charge in [-0.05, 0) is 37.1 Å². The summed E-state index contributed by atoms with van der Waals surface area (Å²) >= 11 is 12.1. The number of ether oxygens (including phenoxy) is 1. The number of cyclic esters (lactones) is 1. The molecule has 5 aliphatic rings. The van der Waals surface area contributed by atoms with E-state index in [0.29, 0.717) is 23.6 Å². The van der Waals surface area contributed by atoms with E-state index in [4.69, 9.17) is 32.9 Å². The quantitative estimate of drug-likeness (QED) is 0.615. The zero-order valence-electron chi connectivity index (χ0n) is 16.1. The fourth-order valence-corrected chi connectivity index (χ4v) is 6.20. The van der Waals surface area contributed by atoms with Gasteiger partial charge in [-0.15, -0.1) is 0 Å². The number of carbonyl (C=O) groups excluding carboxylic acids is 1. The standard InChI is InChI=1S/C19H18Cl2N4O5S/c20-13-1-2-15-12(9-13)11-29-19(26)24(15)14-5-7-23(8-6-14)31(27,28)17-3-4-18(21)25-16(17)10-22-30-25/h1-4,9-11,14-15,22H,5-8H2. The van der Waals surface area contributed by atoms with Gasteiger partial charge >= 0.3 is 6.09 Å². The maximum absolute atomic E-state index is 13.3. The molecule has 0 bridgehead atoms. The molecule has 0 aromatic heterocycles. The van der Waals surface area contributed by atoms with Crippen molar-refractivity contribution < 1.29 is 22.9 Å². The number of hydrogen-bond acceptors (Lipinski definition) is 7. The van der Waals surface area contributed by atoms with Crippen LogP contribution in [0.3, 0.4) is 0 Å². The van der Waals surface area contributed by atoms with Gasteiger partial charge in [0, 0.05) is 29.7 Å². The first-order valence-corrected chi connectivity index (χ1v) is 11.8. The molecule has 0 spiro atoms. The lowest BCUT2D eigenvalue weighted by molar-refractivity contribution is -0.117. The summed E-state index contributed by atoms with van der Waals surface area (Å²) in [7, 11) is -3.79. The molecule has 0 radical (unpaired) electrons. The molecule has 1 N–H and O–H groups in total. The van der Waals surface area contributed by atoms with Crippen LogP contribution in [0.15, 0.2) is 69.2 Å². The third-order valence-corrected chi connectivity index (χ3v) is 8.16. The van der Waals surface area contributed by atoms with Gasteiger partial charge in [0.1, 0.15) is 22.0 Å². The van der Waals surface area contributed by atoms with E-state index in [-0.39, 0.29) is 35.2 Å². The van der Waals surface area contributed by atoms with E-state index >= 15 is 0 Å². The number of hydrogen-bond donors (Lipinski definition) is 1. The molecule has 0 aromatic rings. The molecule has 1 unspecified atom stereocenters. The molecule has 164 valence electrons. The summed E-state index contributed by atoms with van der Waals surface area (Å²) in [5, 5.41) is 2.02. The molecular weight excluding hydrogens is 467 g/mol. The second-order valence-corrected chi connectivity index (χ2v) is 10.2. The Bertz CT molecular complexity index is 1120. The number of nitrogens with zero attached hydrogens (tertiary/aromatic N) is 3. The Morgan fingerprint density at radius 3 is 2.71 bits per heavy atom. The molecule has 4 heterocycles. The molecule has 0 aromatic carbocycles. The molecule has 1 amide bonds. The van der Waals surface area contributed by atoms with E-state index in [1.807, 2.05) is 6.08 Å². The molecule has 31 heavy (non-hydrogen) atoms. The van der Waals surface area contributed by atoms with Crippen molar-refractivity contribution in [2.24, 2.45) is 0 Å². The number of sulfonamides is 1. The number of halogens is 2. The first kappa shape index (κ1) is 20.7. The van der Waals surface area contributed by atoms with E-state index in [0.717, 1.165) is 5.57 Å². The van der Waals surface area contributed by atoms with Gasteiger partial charge in [0.15, 0.2) is 0 Å². The molecule has 1 atom stereocenters. The van der Waals surface area contributed by atoms with Crippen LogP contribution >= 0.6 is 23.2 Å². The van der Waals surface area contributed by atoms with Crippen molar-refractivity contribution >= 4 is 39.3 Å². The Hall–Kier alpha value is -2.24. The number of amides is 1. The average Bonchev–Trinajstić information content (AvgIpc) is 3.25. The maximum Gasteiger partial charge on any atom is 0.415 e. The number of fused-ring (bicyclic) bond motifs is 2. The molecular formula is C19H18Cl2N4O5S. The van der Waals surface area contributed by atoms with Crippen molar-refractivity contribution in [1.82, 2.24) is 19.7 Å². The SMILES string of the molecule is O=C1OC=C2C=C(Cl)C=CC2N1C1CCN(S(=O)(=O)C2=CC=C(Cl)N3ONC=C23)CC1. The van der Waals surface area contributed by atoms with Crippen molar-refractivity contribution in [2.75, 3.05) is 13.1 Å². The monoisotopic (exact) mass is 484 g/mol. The van der Waals surface area contributed by atoms with Crippen LogP contribution in [0.2, 0.25) is 0 Å². The fourth-order valence-electron chi connectivity index (χ4n) is 4.20. The van der Waals surface area contributed by atoms with Crippen LogP contribution in [0.1, 0.15) is 12.8 Å². The minimum absolute atomic E-state index is 0.0953. The first-order valence-electron chi connectivity index (χ1n) is 9.61. The highest BCUT2D eigenvalue weighted by atomic mass is 35.5. The summed E-state index contributed by atoms with van der Waals surface area (Å²) in [6.45, 7) is 0.526. The summed E-state index contributed by atoms with van der Waals surface area (Å²) in [6.07, 6.45) is 11.7. The highest BCUT2D eigenvalue weighted by molar-refractivity contribution is 7.93. The van der Waals surface area contributed by atoms with Crippen LogP contribution < -0.4 is 5.48 Å². The minimum Gasteiger partial charge on any atom is -0.418 e. The van der Waals surface area contributed by atoms with E-state index in [1.54, 1.807) is 17.1 Å². The van der Waals surface area contributed by atoms with Gasteiger partial charge in [0.05, 0.1) is 12.2 Å². The van der Waals surface area contributed by atoms with Gasteiger partial charge in [0.25, 0.3) is 0 Å². The maximum atomic E-state index is 13.3. The normalized spacial score (nSPS) is 26.7. The van der Waals surface area contributed by atoms with Crippen molar-refractivity contribution in [3.8, 4) is 0 Å². The summed E-state index contributed by atoms with van der Waals surface area (Å²) in [5.41, 5.74) is 3.63. The third-order valence-electron chi connectivity index (χ3n) is 5.70. The Morgan fingerprint density at radius 2 is 1.94 bits per heavy atom. The summed E-state index contributed by atoms with van der Waals surface area (Å²) in [5.74, 6) is 0. The summed E-state index contributed by atoms with van der Waals surface area (Å²) in [6, 6.07) is -0.435. The van der Waals surface area contributed by atoms with Gasteiger partial charge in [-0.25, -0.2) is 18.7 Å². The Morgan fingerprint density at radius 1 is 1.16 bits per heavy atom. The van der Waals surface area contributed by atoms with E-state index in [1.165, 1.54) is 34.0 Å². The highest BCUT2D eigenvalue weighted by Gasteiger charge is 2.42. The van der Waals surface area contributed by atoms with Crippen molar-refractivity contribution in [3.63, 3.8) is 0 Å². The van der Waals surface area contributed by atoms with Gasteiger partial charge in [0.2, 0.25) is 10.0 Å². The number of allylic oxidation sites excluding steroid dienone is 4. The molecule has 1 saturated heterocycles. The van der Waals surface area contributed by atoms with Crippen molar-refractivity contribution in [3.05, 3.63) is 69.2 Å². The van der Waals surface area contributed by atoms with E-state index in [2.05, 4.69) is 5.48 Å². The topological polar surface area (TPSA) is 91.4 Å². The zero-order chi connectivity index (χ0) is 21.8.